The summed E-state index contributed by atoms with van der Waals surface area (Å²) in [5, 5.41) is 16.7. The van der Waals surface area contributed by atoms with E-state index in [0.717, 1.165) is 23.0 Å². The second-order valence-electron chi connectivity index (χ2n) is 6.69. The number of piperidine rings is 1. The van der Waals surface area contributed by atoms with Gasteiger partial charge in [0.05, 0.1) is 6.54 Å². The molecule has 0 amide bonds. The number of hydrogen-bond donors (Lipinski definition) is 2. The standard InChI is InChI=1S/C18H21N5O3/c1-13-19-8-11-23(13)18(17(24)25)5-9-22(10-6-18)12-14-2-3-16(26-14)15-4-7-20-21-15/h2-4,7-8,11H,5-6,9-10,12H2,1H3,(H,20,21)(H,24,25). The van der Waals surface area contributed by atoms with Gasteiger partial charge in [-0.15, -0.1) is 0 Å². The van der Waals surface area contributed by atoms with E-state index in [1.165, 1.54) is 0 Å². The first kappa shape index (κ1) is 16.6. The van der Waals surface area contributed by atoms with Crippen LogP contribution in [0.1, 0.15) is 24.4 Å². The summed E-state index contributed by atoms with van der Waals surface area (Å²) >= 11 is 0. The van der Waals surface area contributed by atoms with E-state index >= 15 is 0 Å². The van der Waals surface area contributed by atoms with Crippen molar-refractivity contribution in [2.24, 2.45) is 0 Å². The average molecular weight is 355 g/mol. The van der Waals surface area contributed by atoms with Gasteiger partial charge in [-0.2, -0.15) is 5.10 Å². The summed E-state index contributed by atoms with van der Waals surface area (Å²) < 4.78 is 7.68. The number of hydrogen-bond acceptors (Lipinski definition) is 5. The Balaban J connectivity index is 1.45. The van der Waals surface area contributed by atoms with Crippen molar-refractivity contribution in [3.05, 3.63) is 48.4 Å². The van der Waals surface area contributed by atoms with E-state index in [0.29, 0.717) is 32.5 Å². The minimum Gasteiger partial charge on any atom is -0.479 e. The third kappa shape index (κ3) is 2.82. The lowest BCUT2D eigenvalue weighted by molar-refractivity contribution is -0.150. The molecule has 8 heteroatoms. The molecule has 8 nitrogen and oxygen atoms in total. The van der Waals surface area contributed by atoms with Crippen molar-refractivity contribution in [2.75, 3.05) is 13.1 Å². The molecule has 1 aliphatic rings. The topological polar surface area (TPSA) is 100 Å². The van der Waals surface area contributed by atoms with E-state index in [1.54, 1.807) is 23.2 Å². The Morgan fingerprint density at radius 3 is 2.73 bits per heavy atom. The minimum atomic E-state index is -0.915. The number of imidazole rings is 1. The van der Waals surface area contributed by atoms with Crippen LogP contribution < -0.4 is 0 Å². The van der Waals surface area contributed by atoms with E-state index < -0.39 is 11.5 Å². The van der Waals surface area contributed by atoms with Crippen LogP contribution in [0.25, 0.3) is 11.5 Å². The predicted molar refractivity (Wildman–Crippen MR) is 93.4 cm³/mol. The Morgan fingerprint density at radius 1 is 1.31 bits per heavy atom. The lowest BCUT2D eigenvalue weighted by Crippen LogP contribution is -2.51. The van der Waals surface area contributed by atoms with Crippen molar-refractivity contribution in [3.8, 4) is 11.5 Å². The highest BCUT2D eigenvalue weighted by molar-refractivity contribution is 5.77. The molecule has 3 aromatic heterocycles. The van der Waals surface area contributed by atoms with E-state index in [4.69, 9.17) is 4.42 Å². The van der Waals surface area contributed by atoms with Crippen molar-refractivity contribution in [2.45, 2.75) is 31.8 Å². The number of H-pyrrole nitrogens is 1. The molecule has 0 unspecified atom stereocenters. The van der Waals surface area contributed by atoms with Gasteiger partial charge >= 0.3 is 5.97 Å². The molecule has 4 heterocycles. The number of furan rings is 1. The molecule has 4 rings (SSSR count). The largest absolute Gasteiger partial charge is 0.479 e. The number of likely N-dealkylation sites (tertiary alicyclic amines) is 1. The third-order valence-corrected chi connectivity index (χ3v) is 5.18. The first-order valence-electron chi connectivity index (χ1n) is 8.63. The van der Waals surface area contributed by atoms with Crippen LogP contribution >= 0.6 is 0 Å². The summed E-state index contributed by atoms with van der Waals surface area (Å²) in [5.74, 6) is 1.55. The number of nitrogens with one attached hydrogen (secondary N) is 1. The molecule has 2 N–H and O–H groups in total. The summed E-state index contributed by atoms with van der Waals surface area (Å²) in [6, 6.07) is 5.73. The van der Waals surface area contributed by atoms with Gasteiger partial charge in [-0.1, -0.05) is 0 Å². The number of rotatable bonds is 5. The highest BCUT2D eigenvalue weighted by Gasteiger charge is 2.43. The van der Waals surface area contributed by atoms with Crippen molar-refractivity contribution in [3.63, 3.8) is 0 Å². The molecule has 0 saturated carbocycles. The molecular formula is C18H21N5O3. The highest BCUT2D eigenvalue weighted by Crippen LogP contribution is 2.32. The van der Waals surface area contributed by atoms with E-state index in [1.807, 2.05) is 25.1 Å². The van der Waals surface area contributed by atoms with Crippen LogP contribution in [0.5, 0.6) is 0 Å². The Morgan fingerprint density at radius 2 is 2.12 bits per heavy atom. The molecule has 0 aromatic carbocycles. The molecule has 0 radical (unpaired) electrons. The molecule has 0 bridgehead atoms. The van der Waals surface area contributed by atoms with Gasteiger partial charge in [-0.3, -0.25) is 10.00 Å². The van der Waals surface area contributed by atoms with Gasteiger partial charge in [0.25, 0.3) is 0 Å². The summed E-state index contributed by atoms with van der Waals surface area (Å²) in [7, 11) is 0. The van der Waals surface area contributed by atoms with Crippen LogP contribution in [0.2, 0.25) is 0 Å². The summed E-state index contributed by atoms with van der Waals surface area (Å²) in [6.45, 7) is 3.87. The summed E-state index contributed by atoms with van der Waals surface area (Å²) in [6.07, 6.45) is 6.18. The molecule has 1 saturated heterocycles. The van der Waals surface area contributed by atoms with Gasteiger partial charge in [0.1, 0.15) is 22.8 Å². The average Bonchev–Trinajstić information content (AvgIpc) is 3.36. The second-order valence-corrected chi connectivity index (χ2v) is 6.69. The fraction of sp³-hybridized carbons (Fsp3) is 0.389. The predicted octanol–water partition coefficient (Wildman–Crippen LogP) is 2.25. The van der Waals surface area contributed by atoms with Crippen LogP contribution in [0, 0.1) is 6.92 Å². The molecular weight excluding hydrogens is 334 g/mol. The second kappa shape index (κ2) is 6.45. The Labute approximate surface area is 150 Å². The van der Waals surface area contributed by atoms with Crippen molar-refractivity contribution in [1.29, 1.82) is 0 Å². The SMILES string of the molecule is Cc1nccn1C1(C(=O)O)CCN(Cc2ccc(-c3ccn[nH]3)o2)CC1. The maximum absolute atomic E-state index is 12.0. The zero-order chi connectivity index (χ0) is 18.1. The number of carboxylic acid groups (broad SMARTS) is 1. The summed E-state index contributed by atoms with van der Waals surface area (Å²) in [5.41, 5.74) is -0.0724. The van der Waals surface area contributed by atoms with E-state index in [-0.39, 0.29) is 0 Å². The number of aromatic amines is 1. The lowest BCUT2D eigenvalue weighted by atomic mass is 9.87. The molecule has 0 spiro atoms. The van der Waals surface area contributed by atoms with Gasteiger partial charge in [0, 0.05) is 31.7 Å². The third-order valence-electron chi connectivity index (χ3n) is 5.18. The number of aromatic nitrogens is 4. The monoisotopic (exact) mass is 355 g/mol. The Kier molecular flexibility index (Phi) is 4.12. The maximum atomic E-state index is 12.0. The minimum absolute atomic E-state index is 0.535. The van der Waals surface area contributed by atoms with Crippen LogP contribution in [0.3, 0.4) is 0 Å². The highest BCUT2D eigenvalue weighted by atomic mass is 16.4. The zero-order valence-electron chi connectivity index (χ0n) is 14.6. The number of aryl methyl sites for hydroxylation is 1. The number of nitrogens with zero attached hydrogens (tertiary/aromatic N) is 4. The molecule has 0 atom stereocenters. The molecule has 1 aliphatic heterocycles. The van der Waals surface area contributed by atoms with Crippen molar-refractivity contribution >= 4 is 5.97 Å². The fourth-order valence-corrected chi connectivity index (χ4v) is 3.69. The van der Waals surface area contributed by atoms with Crippen LogP contribution in [0.4, 0.5) is 0 Å². The number of aliphatic carboxylic acids is 1. The van der Waals surface area contributed by atoms with Crippen LogP contribution in [-0.2, 0) is 16.9 Å². The van der Waals surface area contributed by atoms with Gasteiger partial charge in [-0.05, 0) is 38.0 Å². The Bertz CT molecular complexity index is 888. The van der Waals surface area contributed by atoms with Crippen molar-refractivity contribution < 1.29 is 14.3 Å². The molecule has 0 aliphatic carbocycles. The fourth-order valence-electron chi connectivity index (χ4n) is 3.69. The maximum Gasteiger partial charge on any atom is 0.330 e. The van der Waals surface area contributed by atoms with Gasteiger partial charge in [0.15, 0.2) is 5.76 Å². The normalized spacial score (nSPS) is 17.4. The van der Waals surface area contributed by atoms with E-state index in [9.17, 15) is 9.90 Å². The Hall–Kier alpha value is -2.87. The quantitative estimate of drug-likeness (QED) is 0.728. The molecule has 3 aromatic rings. The van der Waals surface area contributed by atoms with E-state index in [2.05, 4.69) is 20.1 Å². The van der Waals surface area contributed by atoms with Gasteiger partial charge in [-0.25, -0.2) is 9.78 Å². The van der Waals surface area contributed by atoms with Gasteiger partial charge < -0.3 is 14.1 Å². The van der Waals surface area contributed by atoms with Crippen LogP contribution in [0.15, 0.2) is 41.2 Å². The molecule has 136 valence electrons. The molecule has 1 fully saturated rings. The first-order chi connectivity index (χ1) is 12.6. The van der Waals surface area contributed by atoms with Crippen molar-refractivity contribution in [1.82, 2.24) is 24.6 Å². The van der Waals surface area contributed by atoms with Crippen LogP contribution in [-0.4, -0.2) is 48.8 Å². The lowest BCUT2D eigenvalue weighted by Gasteiger charge is -2.40. The number of carboxylic acids is 1. The smallest absolute Gasteiger partial charge is 0.330 e. The number of carbonyl (C=O) groups is 1. The first-order valence-corrected chi connectivity index (χ1v) is 8.63. The summed E-state index contributed by atoms with van der Waals surface area (Å²) in [4.78, 5) is 18.5. The van der Waals surface area contributed by atoms with Gasteiger partial charge in [0.2, 0.25) is 0 Å². The zero-order valence-corrected chi connectivity index (χ0v) is 14.6. The molecule has 26 heavy (non-hydrogen) atoms.